The van der Waals surface area contributed by atoms with E-state index in [-0.39, 0.29) is 11.8 Å². The number of hydrogen-bond acceptors (Lipinski definition) is 4. The van der Waals surface area contributed by atoms with Gasteiger partial charge in [0.1, 0.15) is 11.5 Å². The molecule has 1 aliphatic rings. The summed E-state index contributed by atoms with van der Waals surface area (Å²) in [5.41, 5.74) is 1.94. The van der Waals surface area contributed by atoms with Crippen molar-refractivity contribution in [1.82, 2.24) is 0 Å². The van der Waals surface area contributed by atoms with Gasteiger partial charge in [-0.1, -0.05) is 25.1 Å². The Bertz CT molecular complexity index is 876. The molecule has 0 radical (unpaired) electrons. The van der Waals surface area contributed by atoms with Crippen LogP contribution in [0.2, 0.25) is 0 Å². The molecule has 6 nitrogen and oxygen atoms in total. The molecular formula is C21H22N2O4. The number of fused-ring (bicyclic) bond motifs is 1. The number of ether oxygens (including phenoxy) is 2. The first-order chi connectivity index (χ1) is 13.1. The van der Waals surface area contributed by atoms with Crippen LogP contribution in [0.1, 0.15) is 25.8 Å². The molecule has 2 aromatic carbocycles. The van der Waals surface area contributed by atoms with Crippen LogP contribution in [0.4, 0.5) is 11.4 Å². The summed E-state index contributed by atoms with van der Waals surface area (Å²) >= 11 is 0. The molecule has 2 aromatic rings. The summed E-state index contributed by atoms with van der Waals surface area (Å²) in [7, 11) is 0. The van der Waals surface area contributed by atoms with E-state index in [1.54, 1.807) is 31.2 Å². The van der Waals surface area contributed by atoms with Crippen LogP contribution in [0, 0.1) is 0 Å². The zero-order chi connectivity index (χ0) is 19.2. The van der Waals surface area contributed by atoms with E-state index in [4.69, 9.17) is 9.47 Å². The van der Waals surface area contributed by atoms with E-state index < -0.39 is 6.10 Å². The van der Waals surface area contributed by atoms with Crippen molar-refractivity contribution in [1.29, 1.82) is 0 Å². The van der Waals surface area contributed by atoms with Crippen molar-refractivity contribution < 1.29 is 19.1 Å². The lowest BCUT2D eigenvalue weighted by atomic mass is 10.2. The van der Waals surface area contributed by atoms with E-state index in [0.717, 1.165) is 17.7 Å². The fourth-order valence-electron chi connectivity index (χ4n) is 2.60. The molecule has 3 rings (SSSR count). The van der Waals surface area contributed by atoms with Crippen molar-refractivity contribution in [3.8, 4) is 11.5 Å². The van der Waals surface area contributed by atoms with Crippen molar-refractivity contribution in [3.05, 3.63) is 54.1 Å². The fourth-order valence-corrected chi connectivity index (χ4v) is 2.60. The highest BCUT2D eigenvalue weighted by Gasteiger charge is 2.23. The maximum atomic E-state index is 12.2. The maximum Gasteiger partial charge on any atom is 0.265 e. The highest BCUT2D eigenvalue weighted by atomic mass is 16.5. The Kier molecular flexibility index (Phi) is 5.76. The van der Waals surface area contributed by atoms with Gasteiger partial charge in [-0.2, -0.15) is 0 Å². The van der Waals surface area contributed by atoms with E-state index in [0.29, 0.717) is 23.7 Å². The minimum Gasteiger partial charge on any atom is -0.493 e. The molecule has 0 spiro atoms. The van der Waals surface area contributed by atoms with Crippen LogP contribution in [0.15, 0.2) is 48.5 Å². The van der Waals surface area contributed by atoms with Gasteiger partial charge in [0.25, 0.3) is 5.91 Å². The fraction of sp³-hybridized carbons (Fsp3) is 0.238. The maximum absolute atomic E-state index is 12.2. The molecule has 1 unspecified atom stereocenters. The van der Waals surface area contributed by atoms with Gasteiger partial charge >= 0.3 is 0 Å². The molecule has 0 saturated heterocycles. The second-order valence-electron chi connectivity index (χ2n) is 6.17. The second-order valence-corrected chi connectivity index (χ2v) is 6.17. The smallest absolute Gasteiger partial charge is 0.265 e. The largest absolute Gasteiger partial charge is 0.493 e. The zero-order valence-corrected chi connectivity index (χ0v) is 15.3. The first-order valence-corrected chi connectivity index (χ1v) is 8.89. The summed E-state index contributed by atoms with van der Waals surface area (Å²) in [6.07, 6.45) is 3.54. The normalized spacial score (nSPS) is 15.6. The molecule has 0 aromatic heterocycles. The second kappa shape index (κ2) is 8.40. The Labute approximate surface area is 158 Å². The van der Waals surface area contributed by atoms with Crippen LogP contribution in [0.3, 0.4) is 0 Å². The lowest BCUT2D eigenvalue weighted by Crippen LogP contribution is -2.34. The number of nitrogens with one attached hydrogen (secondary N) is 2. The molecule has 0 saturated carbocycles. The van der Waals surface area contributed by atoms with E-state index in [1.165, 1.54) is 6.08 Å². The number of hydrogen-bond donors (Lipinski definition) is 2. The Hall–Kier alpha value is -3.28. The molecule has 1 heterocycles. The van der Waals surface area contributed by atoms with Gasteiger partial charge in [-0.3, -0.25) is 9.59 Å². The molecular weight excluding hydrogens is 344 g/mol. The van der Waals surface area contributed by atoms with Crippen molar-refractivity contribution in [2.75, 3.05) is 17.2 Å². The average molecular weight is 366 g/mol. The lowest BCUT2D eigenvalue weighted by Gasteiger charge is -2.23. The summed E-state index contributed by atoms with van der Waals surface area (Å²) in [5.74, 6) is 0.829. The van der Waals surface area contributed by atoms with Crippen molar-refractivity contribution in [3.63, 3.8) is 0 Å². The summed E-state index contributed by atoms with van der Waals surface area (Å²) in [6.45, 7) is 4.35. The standard InChI is InChI=1S/C21H22N2O4/c1-3-12-26-18-7-5-4-6-15(18)8-11-20(24)22-16-9-10-19-17(13-16)23-21(25)14(2)27-19/h4-11,13-14H,3,12H2,1-2H3,(H,22,24)(H,23,25)/b11-8+. The summed E-state index contributed by atoms with van der Waals surface area (Å²) in [4.78, 5) is 23.9. The number of rotatable bonds is 6. The van der Waals surface area contributed by atoms with E-state index >= 15 is 0 Å². The molecule has 27 heavy (non-hydrogen) atoms. The Balaban J connectivity index is 1.67. The van der Waals surface area contributed by atoms with Gasteiger partial charge in [0, 0.05) is 17.3 Å². The van der Waals surface area contributed by atoms with Crippen LogP contribution in [-0.4, -0.2) is 24.5 Å². The predicted molar refractivity (Wildman–Crippen MR) is 105 cm³/mol. The quantitative estimate of drug-likeness (QED) is 0.762. The van der Waals surface area contributed by atoms with Crippen LogP contribution in [0.5, 0.6) is 11.5 Å². The molecule has 2 N–H and O–H groups in total. The number of amides is 2. The topological polar surface area (TPSA) is 76.7 Å². The van der Waals surface area contributed by atoms with Crippen molar-refractivity contribution in [2.45, 2.75) is 26.4 Å². The molecule has 6 heteroatoms. The minimum absolute atomic E-state index is 0.213. The molecule has 140 valence electrons. The highest BCUT2D eigenvalue weighted by Crippen LogP contribution is 2.32. The van der Waals surface area contributed by atoms with Gasteiger partial charge in [-0.15, -0.1) is 0 Å². The minimum atomic E-state index is -0.532. The number of carbonyl (C=O) groups is 2. The van der Waals surface area contributed by atoms with Gasteiger partial charge in [0.15, 0.2) is 6.10 Å². The molecule has 0 aliphatic carbocycles. The van der Waals surface area contributed by atoms with E-state index in [2.05, 4.69) is 10.6 Å². The first kappa shape index (κ1) is 18.5. The van der Waals surface area contributed by atoms with Crippen LogP contribution < -0.4 is 20.1 Å². The predicted octanol–water partition coefficient (Wildman–Crippen LogP) is 3.85. The highest BCUT2D eigenvalue weighted by molar-refractivity contribution is 6.03. The third-order valence-corrected chi connectivity index (χ3v) is 3.97. The molecule has 1 atom stereocenters. The number of benzene rings is 2. The Morgan fingerprint density at radius 1 is 1.30 bits per heavy atom. The van der Waals surface area contributed by atoms with E-state index in [9.17, 15) is 9.59 Å². The monoisotopic (exact) mass is 366 g/mol. The average Bonchev–Trinajstić information content (AvgIpc) is 2.66. The van der Waals surface area contributed by atoms with Gasteiger partial charge < -0.3 is 20.1 Å². The van der Waals surface area contributed by atoms with Gasteiger partial charge in [0.2, 0.25) is 5.91 Å². The summed E-state index contributed by atoms with van der Waals surface area (Å²) in [6, 6.07) is 12.7. The Morgan fingerprint density at radius 2 is 2.11 bits per heavy atom. The number of carbonyl (C=O) groups excluding carboxylic acids is 2. The van der Waals surface area contributed by atoms with Gasteiger partial charge in [0.05, 0.1) is 12.3 Å². The summed E-state index contributed by atoms with van der Waals surface area (Å²) in [5, 5.41) is 5.54. The van der Waals surface area contributed by atoms with Crippen LogP contribution >= 0.6 is 0 Å². The van der Waals surface area contributed by atoms with Crippen LogP contribution in [-0.2, 0) is 9.59 Å². The molecule has 1 aliphatic heterocycles. The van der Waals surface area contributed by atoms with E-state index in [1.807, 2.05) is 31.2 Å². The molecule has 2 amide bonds. The SMILES string of the molecule is CCCOc1ccccc1/C=C/C(=O)Nc1ccc2c(c1)NC(=O)C(C)O2. The summed E-state index contributed by atoms with van der Waals surface area (Å²) < 4.78 is 11.2. The zero-order valence-electron chi connectivity index (χ0n) is 15.3. The van der Waals surface area contributed by atoms with Crippen LogP contribution in [0.25, 0.3) is 6.08 Å². The Morgan fingerprint density at radius 3 is 2.93 bits per heavy atom. The van der Waals surface area contributed by atoms with Crippen molar-refractivity contribution >= 4 is 29.3 Å². The van der Waals surface area contributed by atoms with Gasteiger partial charge in [-0.05, 0) is 43.7 Å². The van der Waals surface area contributed by atoms with Gasteiger partial charge in [-0.25, -0.2) is 0 Å². The molecule has 0 fully saturated rings. The number of anilines is 2. The lowest BCUT2D eigenvalue weighted by molar-refractivity contribution is -0.122. The van der Waals surface area contributed by atoms with Crippen molar-refractivity contribution in [2.24, 2.45) is 0 Å². The molecule has 0 bridgehead atoms. The number of para-hydroxylation sites is 1. The third kappa shape index (κ3) is 4.67. The third-order valence-electron chi connectivity index (χ3n) is 3.97. The first-order valence-electron chi connectivity index (χ1n) is 8.89.